The van der Waals surface area contributed by atoms with E-state index in [-0.39, 0.29) is 7.89 Å². The highest BCUT2D eigenvalue weighted by atomic mass is 33.6. The van der Waals surface area contributed by atoms with Crippen LogP contribution in [0.4, 0.5) is 0 Å². The predicted molar refractivity (Wildman–Crippen MR) is 46.4 cm³/mol. The van der Waals surface area contributed by atoms with Crippen LogP contribution in [0.5, 0.6) is 0 Å². The maximum Gasteiger partial charge on any atom is -0.00219 e. The van der Waals surface area contributed by atoms with Crippen LogP contribution in [0.3, 0.4) is 0 Å². The highest BCUT2D eigenvalue weighted by Gasteiger charge is 1.44. The van der Waals surface area contributed by atoms with Gasteiger partial charge in [0.1, 0.15) is 0 Å². The first-order chi connectivity index (χ1) is 3.18. The Morgan fingerprint density at radius 3 is 2.00 bits per heavy atom. The molecule has 0 spiro atoms. The van der Waals surface area contributed by atoms with Crippen LogP contribution in [0.25, 0.3) is 0 Å². The lowest BCUT2D eigenvalue weighted by molar-refractivity contribution is 1.96. The van der Waals surface area contributed by atoms with Crippen molar-refractivity contribution >= 4 is 48.5 Å². The highest BCUT2D eigenvalue weighted by molar-refractivity contribution is 8.90. The number of rotatable bonds is 0. The van der Waals surface area contributed by atoms with Crippen LogP contribution in [0, 0.1) is 5.18 Å². The second-order valence-corrected chi connectivity index (χ2v) is 9.46. The van der Waals surface area contributed by atoms with E-state index in [1.54, 1.807) is 6.92 Å². The van der Waals surface area contributed by atoms with Gasteiger partial charge in [-0.25, -0.2) is 22.4 Å². The van der Waals surface area contributed by atoms with Crippen molar-refractivity contribution in [3.05, 3.63) is 0 Å². The zero-order valence-corrected chi connectivity index (χ0v) is 7.62. The largest absolute Gasteiger partial charge is 0.263 e. The molecule has 0 N–H and O–H groups in total. The summed E-state index contributed by atoms with van der Waals surface area (Å²) in [4.78, 5) is 0. The van der Waals surface area contributed by atoms with Crippen LogP contribution in [-0.2, 0) is 48.5 Å². The Labute approximate surface area is 60.4 Å². The van der Waals surface area contributed by atoms with Gasteiger partial charge in [-0.05, 0) is 18.1 Å². The summed E-state index contributed by atoms with van der Waals surface area (Å²) in [5, 5.41) is 2.81. The van der Waals surface area contributed by atoms with Crippen molar-refractivity contribution in [1.82, 2.24) is 0 Å². The first-order valence-corrected chi connectivity index (χ1v) is 7.11. The first-order valence-electron chi connectivity index (χ1n) is 1.37. The Hall–Kier alpha value is 1.01. The van der Waals surface area contributed by atoms with Crippen molar-refractivity contribution in [2.75, 3.05) is 0 Å². The van der Waals surface area contributed by atoms with Crippen molar-refractivity contribution in [3.63, 3.8) is 0 Å². The van der Waals surface area contributed by atoms with Gasteiger partial charge in [0.05, 0.1) is 0 Å². The molecule has 0 saturated heterocycles. The van der Waals surface area contributed by atoms with Crippen molar-refractivity contribution in [2.24, 2.45) is 0 Å². The molecule has 0 aromatic carbocycles. The summed E-state index contributed by atoms with van der Waals surface area (Å²) in [7, 11) is -0.800. The number of hydrogen-bond acceptors (Lipinski definition) is 4. The summed E-state index contributed by atoms with van der Waals surface area (Å²) in [6.45, 7) is 1.77. The van der Waals surface area contributed by atoms with Gasteiger partial charge in [0, 0.05) is 0 Å². The van der Waals surface area contributed by atoms with Gasteiger partial charge in [0.25, 0.3) is 0 Å². The van der Waals surface area contributed by atoms with E-state index >= 15 is 0 Å². The average molecular weight is 187 g/mol. The minimum absolute atomic E-state index is 0.338. The lowest BCUT2D eigenvalue weighted by atomic mass is 11.0. The summed E-state index contributed by atoms with van der Waals surface area (Å²) >= 11 is 14.2. The van der Waals surface area contributed by atoms with E-state index in [4.69, 9.17) is 11.2 Å². The van der Waals surface area contributed by atoms with E-state index < -0.39 is 7.05 Å². The molecule has 0 unspecified atom stereocenters. The quantitative estimate of drug-likeness (QED) is 0.400. The van der Waals surface area contributed by atoms with Crippen molar-refractivity contribution < 1.29 is 0 Å². The van der Waals surface area contributed by atoms with E-state index in [2.05, 4.69) is 27.6 Å². The monoisotopic (exact) mass is 187 g/mol. The van der Waals surface area contributed by atoms with Gasteiger partial charge >= 0.3 is 0 Å². The van der Waals surface area contributed by atoms with Gasteiger partial charge in [-0.2, -0.15) is 7.89 Å². The number of hydrogen-bond donors (Lipinski definition) is 0. The summed E-state index contributed by atoms with van der Waals surface area (Å²) in [5.41, 5.74) is 0. The Balaban J connectivity index is 4.71. The lowest BCUT2D eigenvalue weighted by Gasteiger charge is -1.83. The molecule has 0 rings (SSSR count). The molecule has 0 saturated carbocycles. The van der Waals surface area contributed by atoms with Crippen LogP contribution in [0.15, 0.2) is 0 Å². The van der Waals surface area contributed by atoms with Crippen LogP contribution in [0.1, 0.15) is 6.92 Å². The van der Waals surface area contributed by atoms with E-state index in [0.717, 1.165) is 0 Å². The second kappa shape index (κ2) is 3.95. The summed E-state index contributed by atoms with van der Waals surface area (Å²) < 4.78 is 0. The molecule has 0 aliphatic rings. The summed E-state index contributed by atoms with van der Waals surface area (Å²) in [6.07, 6.45) is 0. The molecule has 0 atom stereocenters. The molecule has 0 radical (unpaired) electrons. The zero-order chi connectivity index (χ0) is 5.86. The van der Waals surface area contributed by atoms with E-state index in [0.29, 0.717) is 0 Å². The van der Waals surface area contributed by atoms with Gasteiger partial charge in [-0.1, -0.05) is 0 Å². The molecule has 0 aliphatic heterocycles. The van der Waals surface area contributed by atoms with Crippen molar-refractivity contribution in [1.29, 1.82) is 0 Å². The van der Waals surface area contributed by atoms with Crippen LogP contribution in [0.2, 0.25) is 0 Å². The molecule has 5 heteroatoms. The van der Waals surface area contributed by atoms with Crippen LogP contribution < -0.4 is 0 Å². The Kier molecular flexibility index (Phi) is 4.52. The fourth-order valence-electron chi connectivity index (χ4n) is 0.0680. The smallest absolute Gasteiger partial charge is 0.00219 e. The van der Waals surface area contributed by atoms with Gasteiger partial charge in [-0.15, -0.1) is 5.18 Å². The molecular weight excluding hydrogens is 184 g/mol. The topological polar surface area (TPSA) is 0 Å². The fourth-order valence-corrected chi connectivity index (χ4v) is 1.84. The predicted octanol–water partition coefficient (Wildman–Crippen LogP) is 0.503. The molecule has 7 heavy (non-hydrogen) atoms. The average Bonchev–Trinajstić information content (AvgIpc) is 1.65. The molecule has 0 amide bonds. The normalized spacial score (nSPS) is 8.29. The third-order valence-corrected chi connectivity index (χ3v) is 7.84. The Morgan fingerprint density at radius 2 is 2.00 bits per heavy atom. The lowest BCUT2D eigenvalue weighted by Crippen LogP contribution is -1.62. The minimum Gasteiger partial charge on any atom is -0.263 e. The maximum absolute atomic E-state index is 4.78. The molecule has 42 valence electrons. The molecule has 0 heterocycles. The molecular formula is C2H3S5-. The molecule has 0 aromatic rings. The Bertz CT molecular complexity index is 225. The molecule has 0 nitrogen and oxygen atoms in total. The highest BCUT2D eigenvalue weighted by Crippen LogP contribution is 1.63. The maximum atomic E-state index is 4.78. The SMILES string of the molecule is CC#S(=S)[S-](=S)=S. The standard InChI is InChI=1S/C2H3S5/c1-2-6(3)7(4)5/h1H3/q-1. The minimum atomic E-state index is -0.462. The van der Waals surface area contributed by atoms with Gasteiger partial charge < -0.3 is 0 Å². The van der Waals surface area contributed by atoms with Crippen LogP contribution in [-0.4, -0.2) is 0 Å². The van der Waals surface area contributed by atoms with E-state index in [9.17, 15) is 0 Å². The summed E-state index contributed by atoms with van der Waals surface area (Å²) in [5.74, 6) is 0. The molecule has 0 fully saturated rings. The van der Waals surface area contributed by atoms with Crippen LogP contribution >= 0.6 is 0 Å². The molecule has 0 aliphatic carbocycles. The van der Waals surface area contributed by atoms with Gasteiger partial charge in [0.15, 0.2) is 0 Å². The second-order valence-electron chi connectivity index (χ2n) is 0.643. The van der Waals surface area contributed by atoms with Crippen molar-refractivity contribution in [3.8, 4) is 5.18 Å². The van der Waals surface area contributed by atoms with E-state index in [1.165, 1.54) is 0 Å². The molecule has 0 aromatic heterocycles. The molecule has 0 bridgehead atoms. The zero-order valence-electron chi connectivity index (χ0n) is 3.54. The van der Waals surface area contributed by atoms with E-state index in [1.807, 2.05) is 0 Å². The third kappa shape index (κ3) is 3.58. The fraction of sp³-hybridized carbons (Fsp3) is 0.500. The Morgan fingerprint density at radius 1 is 1.57 bits per heavy atom. The third-order valence-electron chi connectivity index (χ3n) is 0.290. The first kappa shape index (κ1) is 8.01. The summed E-state index contributed by atoms with van der Waals surface area (Å²) in [6, 6.07) is 0. The van der Waals surface area contributed by atoms with Gasteiger partial charge in [0.2, 0.25) is 0 Å². The van der Waals surface area contributed by atoms with Crippen molar-refractivity contribution in [2.45, 2.75) is 6.92 Å². The van der Waals surface area contributed by atoms with Gasteiger partial charge in [-0.3, -0.25) is 7.05 Å².